The third kappa shape index (κ3) is 5.33. The molecule has 0 saturated carbocycles. The quantitative estimate of drug-likeness (QED) is 0.467. The number of carbonyl (C=O) groups is 1. The zero-order valence-corrected chi connectivity index (χ0v) is 13.2. The molecule has 2 N–H and O–H groups in total. The number of rotatable bonds is 7. The number of aromatic hydroxyl groups is 2. The summed E-state index contributed by atoms with van der Waals surface area (Å²) in [5, 5.41) is 18.7. The number of phenolic OH excluding ortho intramolecular Hbond substituents is 2. The lowest BCUT2D eigenvalue weighted by Gasteiger charge is -2.12. The first-order chi connectivity index (χ1) is 11.1. The third-order valence-corrected chi connectivity index (χ3v) is 3.68. The Hall–Kier alpha value is -2.49. The molecule has 0 bridgehead atoms. The normalized spacial score (nSPS) is 11.9. The fourth-order valence-electron chi connectivity index (χ4n) is 2.37. The van der Waals surface area contributed by atoms with Crippen molar-refractivity contribution in [3.63, 3.8) is 0 Å². The zero-order valence-electron chi connectivity index (χ0n) is 13.2. The highest BCUT2D eigenvalue weighted by molar-refractivity contribution is 5.72. The van der Waals surface area contributed by atoms with Gasteiger partial charge in [-0.15, -0.1) is 0 Å². The first-order valence-corrected chi connectivity index (χ1v) is 7.77. The van der Waals surface area contributed by atoms with E-state index in [1.54, 1.807) is 13.0 Å². The monoisotopic (exact) mass is 314 g/mol. The second-order valence-electron chi connectivity index (χ2n) is 5.68. The van der Waals surface area contributed by atoms with E-state index >= 15 is 0 Å². The maximum atomic E-state index is 12.0. The van der Waals surface area contributed by atoms with Gasteiger partial charge in [-0.3, -0.25) is 4.79 Å². The van der Waals surface area contributed by atoms with Gasteiger partial charge < -0.3 is 14.9 Å². The van der Waals surface area contributed by atoms with Crippen LogP contribution in [0.25, 0.3) is 0 Å². The molecule has 122 valence electrons. The van der Waals surface area contributed by atoms with Crippen LogP contribution in [0.2, 0.25) is 0 Å². The molecule has 23 heavy (non-hydrogen) atoms. The minimum atomic E-state index is -0.296. The van der Waals surface area contributed by atoms with E-state index in [0.717, 1.165) is 18.4 Å². The average Bonchev–Trinajstić information content (AvgIpc) is 2.55. The van der Waals surface area contributed by atoms with Gasteiger partial charge in [-0.25, -0.2) is 0 Å². The Kier molecular flexibility index (Phi) is 6.03. The molecule has 2 aromatic carbocycles. The van der Waals surface area contributed by atoms with Crippen molar-refractivity contribution in [1.82, 2.24) is 0 Å². The van der Waals surface area contributed by atoms with Crippen LogP contribution in [-0.4, -0.2) is 22.8 Å². The van der Waals surface area contributed by atoms with Gasteiger partial charge in [0.2, 0.25) is 0 Å². The summed E-state index contributed by atoms with van der Waals surface area (Å²) in [6.45, 7) is 2.20. The smallest absolute Gasteiger partial charge is 0.308 e. The van der Waals surface area contributed by atoms with Gasteiger partial charge in [0.15, 0.2) is 11.5 Å². The average molecular weight is 314 g/mol. The molecule has 0 amide bonds. The summed E-state index contributed by atoms with van der Waals surface area (Å²) in [5.41, 5.74) is 2.02. The lowest BCUT2D eigenvalue weighted by molar-refractivity contribution is -0.148. The molecule has 0 aliphatic rings. The lowest BCUT2D eigenvalue weighted by atomic mass is 10.0. The van der Waals surface area contributed by atoms with Crippen molar-refractivity contribution in [2.75, 3.05) is 6.61 Å². The minimum Gasteiger partial charge on any atom is -0.504 e. The zero-order chi connectivity index (χ0) is 16.7. The highest BCUT2D eigenvalue weighted by Gasteiger charge is 2.15. The van der Waals surface area contributed by atoms with Crippen LogP contribution in [0.3, 0.4) is 0 Å². The van der Waals surface area contributed by atoms with E-state index in [-0.39, 0.29) is 23.4 Å². The first kappa shape index (κ1) is 16.9. The molecule has 0 fully saturated rings. The van der Waals surface area contributed by atoms with E-state index in [2.05, 4.69) is 12.1 Å². The van der Waals surface area contributed by atoms with Crippen molar-refractivity contribution in [3.8, 4) is 11.5 Å². The molecule has 2 rings (SSSR count). The Morgan fingerprint density at radius 2 is 1.78 bits per heavy atom. The van der Waals surface area contributed by atoms with Crippen LogP contribution in [0.1, 0.15) is 24.5 Å². The van der Waals surface area contributed by atoms with Gasteiger partial charge in [0.1, 0.15) is 0 Å². The molecular formula is C19H22O4. The molecule has 0 radical (unpaired) electrons. The second kappa shape index (κ2) is 8.22. The van der Waals surface area contributed by atoms with E-state index in [0.29, 0.717) is 13.0 Å². The fraction of sp³-hybridized carbons (Fsp3) is 0.316. The summed E-state index contributed by atoms with van der Waals surface area (Å²) >= 11 is 0. The Labute approximate surface area is 136 Å². The standard InChI is InChI=1S/C19H22O4/c1-14(12-16-9-10-17(20)18(21)13-16)19(22)23-11-5-8-15-6-3-2-4-7-15/h2-4,6-7,9-10,13-14,20-21H,5,8,11-12H2,1H3. The number of aryl methyl sites for hydroxylation is 1. The van der Waals surface area contributed by atoms with Crippen molar-refractivity contribution in [2.45, 2.75) is 26.2 Å². The molecule has 4 nitrogen and oxygen atoms in total. The molecule has 2 aromatic rings. The van der Waals surface area contributed by atoms with Gasteiger partial charge in [0, 0.05) is 0 Å². The van der Waals surface area contributed by atoms with E-state index in [1.807, 2.05) is 18.2 Å². The number of ether oxygens (including phenoxy) is 1. The first-order valence-electron chi connectivity index (χ1n) is 7.77. The van der Waals surface area contributed by atoms with Crippen molar-refractivity contribution >= 4 is 5.97 Å². The Bertz CT molecular complexity index is 637. The van der Waals surface area contributed by atoms with E-state index in [1.165, 1.54) is 17.7 Å². The SMILES string of the molecule is CC(Cc1ccc(O)c(O)c1)C(=O)OCCCc1ccccc1. The summed E-state index contributed by atoms with van der Waals surface area (Å²) in [7, 11) is 0. The Balaban J connectivity index is 1.73. The summed E-state index contributed by atoms with van der Waals surface area (Å²) in [4.78, 5) is 12.0. The van der Waals surface area contributed by atoms with Gasteiger partial charge in [0.05, 0.1) is 12.5 Å². The minimum absolute atomic E-state index is 0.162. The lowest BCUT2D eigenvalue weighted by Crippen LogP contribution is -2.17. The summed E-state index contributed by atoms with van der Waals surface area (Å²) in [6.07, 6.45) is 2.14. The predicted molar refractivity (Wildman–Crippen MR) is 88.4 cm³/mol. The van der Waals surface area contributed by atoms with Crippen molar-refractivity contribution < 1.29 is 19.7 Å². The number of phenols is 2. The molecule has 4 heteroatoms. The van der Waals surface area contributed by atoms with E-state index in [9.17, 15) is 15.0 Å². The van der Waals surface area contributed by atoms with Crippen LogP contribution in [0, 0.1) is 5.92 Å². The van der Waals surface area contributed by atoms with E-state index < -0.39 is 0 Å². The topological polar surface area (TPSA) is 66.8 Å². The molecule has 1 unspecified atom stereocenters. The third-order valence-electron chi connectivity index (χ3n) is 3.68. The number of hydrogen-bond acceptors (Lipinski definition) is 4. The molecule has 0 heterocycles. The molecule has 0 saturated heterocycles. The highest BCUT2D eigenvalue weighted by atomic mass is 16.5. The number of esters is 1. The maximum absolute atomic E-state index is 12.0. The van der Waals surface area contributed by atoms with Gasteiger partial charge in [-0.05, 0) is 42.5 Å². The maximum Gasteiger partial charge on any atom is 0.308 e. The Morgan fingerprint density at radius 3 is 2.48 bits per heavy atom. The van der Waals surface area contributed by atoms with Gasteiger partial charge in [-0.1, -0.05) is 43.3 Å². The molecule has 0 aromatic heterocycles. The Morgan fingerprint density at radius 1 is 1.04 bits per heavy atom. The second-order valence-corrected chi connectivity index (χ2v) is 5.68. The van der Waals surface area contributed by atoms with Gasteiger partial charge in [-0.2, -0.15) is 0 Å². The van der Waals surface area contributed by atoms with Crippen LogP contribution < -0.4 is 0 Å². The van der Waals surface area contributed by atoms with Crippen LogP contribution in [0.5, 0.6) is 11.5 Å². The summed E-state index contributed by atoms with van der Waals surface area (Å²) in [5.74, 6) is -0.878. The summed E-state index contributed by atoms with van der Waals surface area (Å²) < 4.78 is 5.30. The highest BCUT2D eigenvalue weighted by Crippen LogP contribution is 2.26. The van der Waals surface area contributed by atoms with Gasteiger partial charge >= 0.3 is 5.97 Å². The summed E-state index contributed by atoms with van der Waals surface area (Å²) in [6, 6.07) is 14.7. The van der Waals surface area contributed by atoms with Crippen molar-refractivity contribution in [3.05, 3.63) is 59.7 Å². The predicted octanol–water partition coefficient (Wildman–Crippen LogP) is 3.45. The molecule has 0 aliphatic carbocycles. The number of carbonyl (C=O) groups excluding carboxylic acids is 1. The number of hydrogen-bond donors (Lipinski definition) is 2. The molecular weight excluding hydrogens is 292 g/mol. The van der Waals surface area contributed by atoms with Crippen LogP contribution >= 0.6 is 0 Å². The van der Waals surface area contributed by atoms with Crippen molar-refractivity contribution in [2.24, 2.45) is 5.92 Å². The van der Waals surface area contributed by atoms with Crippen LogP contribution in [0.15, 0.2) is 48.5 Å². The largest absolute Gasteiger partial charge is 0.504 e. The van der Waals surface area contributed by atoms with Gasteiger partial charge in [0.25, 0.3) is 0 Å². The molecule has 1 atom stereocenters. The van der Waals surface area contributed by atoms with E-state index in [4.69, 9.17) is 4.74 Å². The van der Waals surface area contributed by atoms with Crippen LogP contribution in [0.4, 0.5) is 0 Å². The molecule has 0 spiro atoms. The molecule has 0 aliphatic heterocycles. The van der Waals surface area contributed by atoms with Crippen LogP contribution in [-0.2, 0) is 22.4 Å². The fourth-order valence-corrected chi connectivity index (χ4v) is 2.37. The number of benzene rings is 2. The van der Waals surface area contributed by atoms with Crippen molar-refractivity contribution in [1.29, 1.82) is 0 Å².